The van der Waals surface area contributed by atoms with Crippen molar-refractivity contribution in [1.82, 2.24) is 5.32 Å². The zero-order valence-corrected chi connectivity index (χ0v) is 17.0. The topological polar surface area (TPSA) is 108 Å². The molecule has 2 aromatic rings. The molecule has 0 aliphatic carbocycles. The predicted molar refractivity (Wildman–Crippen MR) is 112 cm³/mol. The van der Waals surface area contributed by atoms with Crippen LogP contribution < -0.4 is 20.3 Å². The number of ether oxygens (including phenoxy) is 1. The molecule has 3 amide bonds. The normalized spacial score (nSPS) is 16.7. The Bertz CT molecular complexity index is 931. The Morgan fingerprint density at radius 2 is 1.87 bits per heavy atom. The molecule has 1 aliphatic heterocycles. The van der Waals surface area contributed by atoms with Crippen molar-refractivity contribution in [2.45, 2.75) is 19.4 Å². The highest BCUT2D eigenvalue weighted by Gasteiger charge is 2.35. The SMILES string of the molecule is C[C@@H](O)CNC(=O)[C@H]1CC(=O)N(c2ccc(OCC(=O)Nc3ccc(F)cc3)cc2)C1. The van der Waals surface area contributed by atoms with E-state index in [2.05, 4.69) is 10.6 Å². The highest BCUT2D eigenvalue weighted by molar-refractivity contribution is 6.00. The fourth-order valence-corrected chi connectivity index (χ4v) is 3.13. The number of nitrogens with one attached hydrogen (secondary N) is 2. The number of carbonyl (C=O) groups is 3. The van der Waals surface area contributed by atoms with Gasteiger partial charge in [-0.1, -0.05) is 0 Å². The Labute approximate surface area is 179 Å². The molecule has 1 aliphatic rings. The maximum Gasteiger partial charge on any atom is 0.262 e. The summed E-state index contributed by atoms with van der Waals surface area (Å²) in [6.45, 7) is 1.74. The van der Waals surface area contributed by atoms with E-state index < -0.39 is 23.7 Å². The van der Waals surface area contributed by atoms with E-state index in [0.29, 0.717) is 17.1 Å². The number of rotatable bonds is 8. The van der Waals surface area contributed by atoms with Crippen LogP contribution in [0.3, 0.4) is 0 Å². The molecular weight excluding hydrogens is 405 g/mol. The van der Waals surface area contributed by atoms with Gasteiger partial charge in [0.15, 0.2) is 6.61 Å². The van der Waals surface area contributed by atoms with Crippen LogP contribution >= 0.6 is 0 Å². The molecule has 1 heterocycles. The second-order valence-corrected chi connectivity index (χ2v) is 7.34. The molecule has 31 heavy (non-hydrogen) atoms. The van der Waals surface area contributed by atoms with Crippen molar-refractivity contribution in [1.29, 1.82) is 0 Å². The van der Waals surface area contributed by atoms with Gasteiger partial charge in [-0.2, -0.15) is 0 Å². The zero-order valence-electron chi connectivity index (χ0n) is 17.0. The first-order valence-electron chi connectivity index (χ1n) is 9.86. The van der Waals surface area contributed by atoms with Crippen molar-refractivity contribution in [3.05, 3.63) is 54.3 Å². The van der Waals surface area contributed by atoms with E-state index in [4.69, 9.17) is 4.74 Å². The van der Waals surface area contributed by atoms with Gasteiger partial charge in [0.1, 0.15) is 11.6 Å². The Hall–Kier alpha value is -3.46. The van der Waals surface area contributed by atoms with Crippen LogP contribution in [0.15, 0.2) is 48.5 Å². The Morgan fingerprint density at radius 1 is 1.19 bits per heavy atom. The van der Waals surface area contributed by atoms with Gasteiger partial charge in [0.2, 0.25) is 11.8 Å². The van der Waals surface area contributed by atoms with Gasteiger partial charge in [0.25, 0.3) is 5.91 Å². The number of nitrogens with zero attached hydrogens (tertiary/aromatic N) is 1. The molecule has 164 valence electrons. The summed E-state index contributed by atoms with van der Waals surface area (Å²) in [5.41, 5.74) is 1.09. The standard InChI is InChI=1S/C22H24FN3O5/c1-14(27)11-24-22(30)15-10-21(29)26(12-15)18-6-8-19(9-7-18)31-13-20(28)25-17-4-2-16(23)3-5-17/h2-9,14-15,27H,10-13H2,1H3,(H,24,30)(H,25,28)/t14-,15+/m1/s1. The van der Waals surface area contributed by atoms with E-state index in [0.717, 1.165) is 0 Å². The molecule has 0 saturated carbocycles. The summed E-state index contributed by atoms with van der Waals surface area (Å²) >= 11 is 0. The number of hydrogen-bond donors (Lipinski definition) is 3. The largest absolute Gasteiger partial charge is 0.484 e. The van der Waals surface area contributed by atoms with Crippen LogP contribution in [0.1, 0.15) is 13.3 Å². The third-order valence-corrected chi connectivity index (χ3v) is 4.71. The smallest absolute Gasteiger partial charge is 0.262 e. The van der Waals surface area contributed by atoms with E-state index in [-0.39, 0.29) is 37.9 Å². The fraction of sp³-hybridized carbons (Fsp3) is 0.318. The van der Waals surface area contributed by atoms with Crippen molar-refractivity contribution in [2.24, 2.45) is 5.92 Å². The molecule has 3 N–H and O–H groups in total. The molecule has 2 atom stereocenters. The quantitative estimate of drug-likeness (QED) is 0.592. The van der Waals surface area contributed by atoms with E-state index in [9.17, 15) is 23.9 Å². The Kier molecular flexibility index (Phi) is 7.19. The van der Waals surface area contributed by atoms with Gasteiger partial charge in [-0.3, -0.25) is 14.4 Å². The number of aliphatic hydroxyl groups excluding tert-OH is 1. The molecule has 0 radical (unpaired) electrons. The zero-order chi connectivity index (χ0) is 22.4. The van der Waals surface area contributed by atoms with E-state index in [1.165, 1.54) is 29.2 Å². The van der Waals surface area contributed by atoms with E-state index in [1.807, 2.05) is 0 Å². The first-order valence-corrected chi connectivity index (χ1v) is 9.86. The van der Waals surface area contributed by atoms with Crippen LogP contribution in [0.2, 0.25) is 0 Å². The van der Waals surface area contributed by atoms with Crippen LogP contribution in [0.5, 0.6) is 5.75 Å². The van der Waals surface area contributed by atoms with E-state index >= 15 is 0 Å². The number of benzene rings is 2. The average molecular weight is 429 g/mol. The van der Waals surface area contributed by atoms with Crippen molar-refractivity contribution in [3.8, 4) is 5.75 Å². The Balaban J connectivity index is 1.50. The number of anilines is 2. The molecule has 1 fully saturated rings. The minimum Gasteiger partial charge on any atom is -0.484 e. The van der Waals surface area contributed by atoms with Gasteiger partial charge in [-0.25, -0.2) is 4.39 Å². The van der Waals surface area contributed by atoms with Crippen molar-refractivity contribution in [2.75, 3.05) is 29.9 Å². The molecule has 0 unspecified atom stereocenters. The summed E-state index contributed by atoms with van der Waals surface area (Å²) in [5.74, 6) is -1.24. The first-order chi connectivity index (χ1) is 14.8. The highest BCUT2D eigenvalue weighted by atomic mass is 19.1. The fourth-order valence-electron chi connectivity index (χ4n) is 3.13. The van der Waals surface area contributed by atoms with Crippen molar-refractivity contribution < 1.29 is 28.6 Å². The molecule has 0 aromatic heterocycles. The van der Waals surface area contributed by atoms with Crippen LogP contribution in [0.25, 0.3) is 0 Å². The van der Waals surface area contributed by atoms with Gasteiger partial charge in [0, 0.05) is 30.9 Å². The molecule has 1 saturated heterocycles. The van der Waals surface area contributed by atoms with Gasteiger partial charge in [0.05, 0.1) is 12.0 Å². The van der Waals surface area contributed by atoms with Gasteiger partial charge in [-0.05, 0) is 55.5 Å². The summed E-state index contributed by atoms with van der Waals surface area (Å²) in [7, 11) is 0. The van der Waals surface area contributed by atoms with Crippen LogP contribution in [-0.2, 0) is 14.4 Å². The molecular formula is C22H24FN3O5. The number of aliphatic hydroxyl groups is 1. The number of amides is 3. The van der Waals surface area contributed by atoms with Gasteiger partial charge in [-0.15, -0.1) is 0 Å². The second-order valence-electron chi connectivity index (χ2n) is 7.34. The molecule has 0 bridgehead atoms. The van der Waals surface area contributed by atoms with Gasteiger partial charge >= 0.3 is 0 Å². The lowest BCUT2D eigenvalue weighted by Gasteiger charge is -2.17. The molecule has 9 heteroatoms. The second kappa shape index (κ2) is 10.0. The van der Waals surface area contributed by atoms with Crippen molar-refractivity contribution in [3.63, 3.8) is 0 Å². The number of halogens is 1. The summed E-state index contributed by atoms with van der Waals surface area (Å²) in [6, 6.07) is 12.0. The third kappa shape index (κ3) is 6.26. The Morgan fingerprint density at radius 3 is 2.52 bits per heavy atom. The minimum atomic E-state index is -0.650. The van der Waals surface area contributed by atoms with Gasteiger partial charge < -0.3 is 25.4 Å². The summed E-state index contributed by atoms with van der Waals surface area (Å²) < 4.78 is 18.3. The molecule has 0 spiro atoms. The molecule has 8 nitrogen and oxygen atoms in total. The third-order valence-electron chi connectivity index (χ3n) is 4.71. The molecule has 3 rings (SSSR count). The van der Waals surface area contributed by atoms with Crippen LogP contribution in [-0.4, -0.2) is 48.6 Å². The summed E-state index contributed by atoms with van der Waals surface area (Å²) in [6.07, 6.45) is -0.546. The number of carbonyl (C=O) groups excluding carboxylic acids is 3. The lowest BCUT2D eigenvalue weighted by Crippen LogP contribution is -2.36. The predicted octanol–water partition coefficient (Wildman–Crippen LogP) is 1.69. The first kappa shape index (κ1) is 22.2. The molecule has 2 aromatic carbocycles. The van der Waals surface area contributed by atoms with Crippen molar-refractivity contribution >= 4 is 29.1 Å². The van der Waals surface area contributed by atoms with E-state index in [1.54, 1.807) is 31.2 Å². The number of hydrogen-bond acceptors (Lipinski definition) is 5. The lowest BCUT2D eigenvalue weighted by molar-refractivity contribution is -0.126. The highest BCUT2D eigenvalue weighted by Crippen LogP contribution is 2.27. The van der Waals surface area contributed by atoms with Crippen LogP contribution in [0.4, 0.5) is 15.8 Å². The summed E-state index contributed by atoms with van der Waals surface area (Å²) in [4.78, 5) is 37.9. The van der Waals surface area contributed by atoms with Crippen LogP contribution in [0, 0.1) is 11.7 Å². The maximum absolute atomic E-state index is 12.9. The maximum atomic E-state index is 12.9. The summed E-state index contributed by atoms with van der Waals surface area (Å²) in [5, 5.41) is 14.5. The average Bonchev–Trinajstić information content (AvgIpc) is 3.14. The monoisotopic (exact) mass is 429 g/mol. The lowest BCUT2D eigenvalue weighted by atomic mass is 10.1. The minimum absolute atomic E-state index is 0.105.